The number of carbonyl (C=O) groups is 1. The van der Waals surface area contributed by atoms with E-state index >= 15 is 0 Å². The van der Waals surface area contributed by atoms with Crippen LogP contribution in [0, 0.1) is 5.92 Å². The highest BCUT2D eigenvalue weighted by atomic mass is 35.5. The lowest BCUT2D eigenvalue weighted by Crippen LogP contribution is -2.45. The third-order valence-electron chi connectivity index (χ3n) is 4.26. The molecule has 2 N–H and O–H groups in total. The van der Waals surface area contributed by atoms with Crippen LogP contribution in [0.2, 0.25) is 0 Å². The van der Waals surface area contributed by atoms with E-state index in [4.69, 9.17) is 10.2 Å². The standard InChI is InChI=1S/C15H24N2O5S.ClH/c1-4-12-14(8-13(22-12)15(18)21-3)23(19,20)17-7-5-6-11(9-17)10(2)16;/h8,10-11H,4-7,9,16H2,1-3H3;1H. The first kappa shape index (κ1) is 21.0. The average Bonchev–Trinajstić information content (AvgIpc) is 2.99. The minimum absolute atomic E-state index is 0. The van der Waals surface area contributed by atoms with Gasteiger partial charge in [0.1, 0.15) is 10.7 Å². The average molecular weight is 381 g/mol. The summed E-state index contributed by atoms with van der Waals surface area (Å²) in [6.45, 7) is 4.51. The van der Waals surface area contributed by atoms with E-state index in [1.54, 1.807) is 6.92 Å². The van der Waals surface area contributed by atoms with Gasteiger partial charge in [0.15, 0.2) is 0 Å². The van der Waals surface area contributed by atoms with Crippen molar-refractivity contribution in [2.45, 2.75) is 44.0 Å². The molecule has 0 saturated carbocycles. The first-order chi connectivity index (χ1) is 10.8. The van der Waals surface area contributed by atoms with E-state index in [1.807, 2.05) is 6.92 Å². The number of aryl methyl sites for hydroxylation is 1. The molecule has 0 aliphatic carbocycles. The lowest BCUT2D eigenvalue weighted by Gasteiger charge is -2.33. The van der Waals surface area contributed by atoms with Crippen molar-refractivity contribution in [3.63, 3.8) is 0 Å². The fourth-order valence-corrected chi connectivity index (χ4v) is 4.60. The van der Waals surface area contributed by atoms with Gasteiger partial charge in [0.2, 0.25) is 15.8 Å². The number of halogens is 1. The summed E-state index contributed by atoms with van der Waals surface area (Å²) in [5.74, 6) is -0.374. The molecule has 2 heterocycles. The summed E-state index contributed by atoms with van der Waals surface area (Å²) in [5, 5.41) is 0. The maximum absolute atomic E-state index is 12.9. The lowest BCUT2D eigenvalue weighted by atomic mass is 9.93. The van der Waals surface area contributed by atoms with Gasteiger partial charge in [0, 0.05) is 31.6 Å². The molecule has 0 amide bonds. The molecule has 1 aromatic rings. The molecule has 138 valence electrons. The van der Waals surface area contributed by atoms with Crippen LogP contribution in [0.25, 0.3) is 0 Å². The van der Waals surface area contributed by atoms with Crippen LogP contribution >= 0.6 is 12.4 Å². The molecular weight excluding hydrogens is 356 g/mol. The van der Waals surface area contributed by atoms with Crippen molar-refractivity contribution in [3.05, 3.63) is 17.6 Å². The predicted octanol–water partition coefficient (Wildman–Crippen LogP) is 1.80. The summed E-state index contributed by atoms with van der Waals surface area (Å²) < 4.78 is 37.3. The van der Waals surface area contributed by atoms with Crippen molar-refractivity contribution in [1.82, 2.24) is 4.31 Å². The van der Waals surface area contributed by atoms with Crippen LogP contribution in [0.1, 0.15) is 43.0 Å². The molecule has 1 aliphatic heterocycles. The van der Waals surface area contributed by atoms with Gasteiger partial charge in [-0.1, -0.05) is 6.92 Å². The van der Waals surface area contributed by atoms with Gasteiger partial charge in [-0.2, -0.15) is 4.31 Å². The Labute approximate surface area is 149 Å². The highest BCUT2D eigenvalue weighted by Gasteiger charge is 2.35. The maximum atomic E-state index is 12.9. The van der Waals surface area contributed by atoms with Gasteiger partial charge in [-0.15, -0.1) is 12.4 Å². The number of piperidine rings is 1. The summed E-state index contributed by atoms with van der Waals surface area (Å²) in [7, 11) is -2.49. The fourth-order valence-electron chi connectivity index (χ4n) is 2.84. The maximum Gasteiger partial charge on any atom is 0.373 e. The molecular formula is C15H25ClN2O5S. The highest BCUT2D eigenvalue weighted by Crippen LogP contribution is 2.29. The Morgan fingerprint density at radius 2 is 2.21 bits per heavy atom. The zero-order valence-corrected chi connectivity index (χ0v) is 15.8. The number of esters is 1. The molecule has 7 nitrogen and oxygen atoms in total. The smallest absolute Gasteiger partial charge is 0.373 e. The van der Waals surface area contributed by atoms with E-state index in [0.29, 0.717) is 19.5 Å². The third kappa shape index (κ3) is 4.11. The number of hydrogen-bond acceptors (Lipinski definition) is 6. The molecule has 2 unspecified atom stereocenters. The second-order valence-corrected chi connectivity index (χ2v) is 7.77. The Morgan fingerprint density at radius 3 is 2.75 bits per heavy atom. The first-order valence-corrected chi connectivity index (χ1v) is 9.22. The van der Waals surface area contributed by atoms with Crippen molar-refractivity contribution in [3.8, 4) is 0 Å². The summed E-state index contributed by atoms with van der Waals surface area (Å²) in [4.78, 5) is 11.6. The number of methoxy groups -OCH3 is 1. The molecule has 0 bridgehead atoms. The van der Waals surface area contributed by atoms with Crippen molar-refractivity contribution in [1.29, 1.82) is 0 Å². The van der Waals surface area contributed by atoms with E-state index in [9.17, 15) is 13.2 Å². The van der Waals surface area contributed by atoms with Gasteiger partial charge in [-0.25, -0.2) is 13.2 Å². The van der Waals surface area contributed by atoms with Crippen molar-refractivity contribution >= 4 is 28.4 Å². The van der Waals surface area contributed by atoms with Crippen LogP contribution < -0.4 is 5.73 Å². The second kappa shape index (κ2) is 8.33. The quantitative estimate of drug-likeness (QED) is 0.781. The zero-order valence-electron chi connectivity index (χ0n) is 14.1. The number of hydrogen-bond donors (Lipinski definition) is 1. The topological polar surface area (TPSA) is 103 Å². The Morgan fingerprint density at radius 1 is 1.54 bits per heavy atom. The van der Waals surface area contributed by atoms with Gasteiger partial charge in [0.05, 0.1) is 7.11 Å². The Bertz CT molecular complexity index is 671. The number of furan rings is 1. The fraction of sp³-hybridized carbons (Fsp3) is 0.667. The lowest BCUT2D eigenvalue weighted by molar-refractivity contribution is 0.0563. The van der Waals surface area contributed by atoms with Crippen LogP contribution in [-0.2, 0) is 21.2 Å². The Kier molecular flexibility index (Phi) is 7.27. The second-order valence-electron chi connectivity index (χ2n) is 5.87. The minimum atomic E-state index is -3.72. The van der Waals surface area contributed by atoms with Crippen LogP contribution in [0.15, 0.2) is 15.4 Å². The third-order valence-corrected chi connectivity index (χ3v) is 6.17. The van der Waals surface area contributed by atoms with Gasteiger partial charge in [0.25, 0.3) is 0 Å². The molecule has 9 heteroatoms. The number of carbonyl (C=O) groups excluding carboxylic acids is 1. The Balaban J connectivity index is 0.00000288. The van der Waals surface area contributed by atoms with Gasteiger partial charge < -0.3 is 14.9 Å². The molecule has 0 aromatic carbocycles. The summed E-state index contributed by atoms with van der Waals surface area (Å²) in [5.41, 5.74) is 5.93. The van der Waals surface area contributed by atoms with Gasteiger partial charge >= 0.3 is 5.97 Å². The number of sulfonamides is 1. The molecule has 1 saturated heterocycles. The normalized spacial score (nSPS) is 20.2. The van der Waals surface area contributed by atoms with E-state index < -0.39 is 16.0 Å². The monoisotopic (exact) mass is 380 g/mol. The minimum Gasteiger partial charge on any atom is -0.463 e. The number of nitrogens with zero attached hydrogens (tertiary/aromatic N) is 1. The molecule has 2 rings (SSSR count). The van der Waals surface area contributed by atoms with Crippen LogP contribution in [0.4, 0.5) is 0 Å². The van der Waals surface area contributed by atoms with E-state index in [1.165, 1.54) is 17.5 Å². The van der Waals surface area contributed by atoms with Crippen molar-refractivity contribution in [2.24, 2.45) is 11.7 Å². The number of nitrogens with two attached hydrogens (primary N) is 1. The largest absolute Gasteiger partial charge is 0.463 e. The molecule has 0 radical (unpaired) electrons. The predicted molar refractivity (Wildman–Crippen MR) is 91.8 cm³/mol. The Hall–Kier alpha value is -1.09. The molecule has 1 aromatic heterocycles. The van der Waals surface area contributed by atoms with Crippen LogP contribution in [0.3, 0.4) is 0 Å². The highest BCUT2D eigenvalue weighted by molar-refractivity contribution is 7.89. The zero-order chi connectivity index (χ0) is 17.2. The van der Waals surface area contributed by atoms with Crippen LogP contribution in [0.5, 0.6) is 0 Å². The van der Waals surface area contributed by atoms with Crippen molar-refractivity contribution < 1.29 is 22.4 Å². The van der Waals surface area contributed by atoms with Crippen molar-refractivity contribution in [2.75, 3.05) is 20.2 Å². The van der Waals surface area contributed by atoms with Crippen LogP contribution in [-0.4, -0.2) is 44.9 Å². The SMILES string of the molecule is CCc1oc(C(=O)OC)cc1S(=O)(=O)N1CCCC(C(C)N)C1.Cl. The van der Waals surface area contributed by atoms with E-state index in [2.05, 4.69) is 4.74 Å². The number of rotatable bonds is 5. The van der Waals surface area contributed by atoms with E-state index in [0.717, 1.165) is 12.8 Å². The summed E-state index contributed by atoms with van der Waals surface area (Å²) in [6.07, 6.45) is 2.06. The summed E-state index contributed by atoms with van der Waals surface area (Å²) in [6, 6.07) is 1.20. The number of ether oxygens (including phenoxy) is 1. The molecule has 1 fully saturated rings. The molecule has 2 atom stereocenters. The molecule has 0 spiro atoms. The first-order valence-electron chi connectivity index (χ1n) is 7.78. The van der Waals surface area contributed by atoms with Gasteiger partial charge in [-0.3, -0.25) is 0 Å². The van der Waals surface area contributed by atoms with E-state index in [-0.39, 0.29) is 40.8 Å². The molecule has 1 aliphatic rings. The summed E-state index contributed by atoms with van der Waals surface area (Å²) >= 11 is 0. The molecule has 24 heavy (non-hydrogen) atoms. The van der Waals surface area contributed by atoms with Gasteiger partial charge in [-0.05, 0) is 25.7 Å².